The van der Waals surface area contributed by atoms with Crippen LogP contribution in [0.5, 0.6) is 0 Å². The van der Waals surface area contributed by atoms with Gasteiger partial charge in [-0.05, 0) is 0 Å². The van der Waals surface area contributed by atoms with E-state index in [1.807, 2.05) is 40.5 Å². The molecule has 7 heavy (non-hydrogen) atoms. The molecule has 0 unspecified atom stereocenters. The van der Waals surface area contributed by atoms with Crippen molar-refractivity contribution in [3.63, 3.8) is 0 Å². The maximum atomic E-state index is 2.00. The van der Waals surface area contributed by atoms with Gasteiger partial charge in [-0.1, -0.05) is 0 Å². The van der Waals surface area contributed by atoms with Crippen molar-refractivity contribution in [2.75, 3.05) is 0 Å². The van der Waals surface area contributed by atoms with Gasteiger partial charge in [0.2, 0.25) is 0 Å². The molecule has 0 spiro atoms. The molecule has 0 saturated heterocycles. The van der Waals surface area contributed by atoms with Crippen LogP contribution in [-0.2, 0) is 32.7 Å². The van der Waals surface area contributed by atoms with E-state index in [9.17, 15) is 0 Å². The Labute approximate surface area is 73.0 Å². The Hall–Kier alpha value is 1.10. The zero-order valence-electron chi connectivity index (χ0n) is 5.73. The van der Waals surface area contributed by atoms with E-state index >= 15 is 0 Å². The van der Waals surface area contributed by atoms with Crippen molar-refractivity contribution < 1.29 is 32.7 Å². The van der Waals surface area contributed by atoms with Crippen molar-refractivity contribution in [3.05, 3.63) is 12.8 Å². The summed E-state index contributed by atoms with van der Waals surface area (Å²) in [5.41, 5.74) is 0. The van der Waals surface area contributed by atoms with Gasteiger partial charge in [0.05, 0.1) is 0 Å². The van der Waals surface area contributed by atoms with Crippen LogP contribution in [0.3, 0.4) is 0 Å². The summed E-state index contributed by atoms with van der Waals surface area (Å²) in [5, 5.41) is 0. The van der Waals surface area contributed by atoms with Gasteiger partial charge in [-0.15, -0.1) is 0 Å². The van der Waals surface area contributed by atoms with Crippen molar-refractivity contribution in [1.29, 1.82) is 0 Å². The Morgan fingerprint density at radius 3 is 0.714 bits per heavy atom. The van der Waals surface area contributed by atoms with Gasteiger partial charge in [0, 0.05) is 0 Å². The molecule has 0 aromatic heterocycles. The second-order valence-corrected chi connectivity index (χ2v) is 1.15. The van der Waals surface area contributed by atoms with Crippen LogP contribution in [0, 0.1) is 12.8 Å². The third-order valence-corrected chi connectivity index (χ3v) is 0. The predicted molar refractivity (Wildman–Crippen MR) is 31.3 cm³/mol. The Morgan fingerprint density at radius 1 is 0.714 bits per heavy atom. The average Bonchev–Trinajstić information content (AvgIpc) is 1.39. The monoisotopic (exact) mass is 175 g/mol. The van der Waals surface area contributed by atoms with Gasteiger partial charge in [0.15, 0.2) is 0 Å². The molecule has 0 atom stereocenters. The maximum absolute atomic E-state index is 2.00. The van der Waals surface area contributed by atoms with Gasteiger partial charge in [-0.2, -0.15) is 27.7 Å². The molecule has 40 valence electrons. The molecule has 0 fully saturated rings. The summed E-state index contributed by atoms with van der Waals surface area (Å²) in [7, 11) is 0. The molecular weight excluding hydrogens is 161 g/mol. The fourth-order valence-corrected chi connectivity index (χ4v) is 0. The summed E-state index contributed by atoms with van der Waals surface area (Å²) in [6.45, 7) is 8.00. The topological polar surface area (TPSA) is 0 Å². The van der Waals surface area contributed by atoms with Crippen LogP contribution in [0.1, 0.15) is 27.7 Å². The smallest absolute Gasteiger partial charge is 0.335 e. The largest absolute Gasteiger partial charge is 3.00 e. The van der Waals surface area contributed by atoms with Crippen LogP contribution in [0.4, 0.5) is 0 Å². The summed E-state index contributed by atoms with van der Waals surface area (Å²) in [6, 6.07) is 0. The average molecular weight is 175 g/mol. The Bertz CT molecular complexity index is 6.14. The fourth-order valence-electron chi connectivity index (χ4n) is 0. The van der Waals surface area contributed by atoms with Crippen LogP contribution in [0.25, 0.3) is 0 Å². The minimum Gasteiger partial charge on any atom is -0.335 e. The Morgan fingerprint density at radius 2 is 0.714 bits per heavy atom. The van der Waals surface area contributed by atoms with Gasteiger partial charge in [0.1, 0.15) is 0 Å². The van der Waals surface area contributed by atoms with Crippen LogP contribution in [0.2, 0.25) is 0 Å². The van der Waals surface area contributed by atoms with Gasteiger partial charge in [-0.3, -0.25) is 0 Å². The maximum Gasteiger partial charge on any atom is 3.00 e. The molecule has 0 bridgehead atoms. The van der Waals surface area contributed by atoms with Crippen LogP contribution < -0.4 is 0 Å². The van der Waals surface area contributed by atoms with Gasteiger partial charge < -0.3 is 12.8 Å². The van der Waals surface area contributed by atoms with Crippen LogP contribution in [0.15, 0.2) is 0 Å². The quantitative estimate of drug-likeness (QED) is 0.496. The summed E-state index contributed by atoms with van der Waals surface area (Å²) >= 11 is 0. The molecule has 0 aliphatic carbocycles. The molecule has 0 heterocycles. The van der Waals surface area contributed by atoms with E-state index in [1.54, 1.807) is 0 Å². The molecule has 0 saturated carbocycles. The minimum absolute atomic E-state index is 0. The fraction of sp³-hybridized carbons (Fsp3) is 0.667. The first kappa shape index (κ1) is 15.7. The zero-order valence-corrected chi connectivity index (χ0v) is 8.57. The number of hydrogen-bond acceptors (Lipinski definition) is 0. The molecule has 0 amide bonds. The molecule has 0 nitrogen and oxygen atoms in total. The van der Waals surface area contributed by atoms with E-state index in [1.165, 1.54) is 0 Å². The van der Waals surface area contributed by atoms with E-state index in [-0.39, 0.29) is 32.7 Å². The van der Waals surface area contributed by atoms with Crippen molar-refractivity contribution in [2.24, 2.45) is 0 Å². The van der Waals surface area contributed by atoms with Gasteiger partial charge >= 0.3 is 32.7 Å². The molecular formula is C6H14Y+. The molecule has 0 aromatic rings. The van der Waals surface area contributed by atoms with E-state index in [2.05, 4.69) is 0 Å². The third kappa shape index (κ3) is 152. The number of rotatable bonds is 0. The normalized spacial score (nSPS) is 5.14. The predicted octanol–water partition coefficient (Wildman–Crippen LogP) is 2.46. The molecule has 1 heteroatoms. The van der Waals surface area contributed by atoms with Crippen LogP contribution in [-0.4, -0.2) is 0 Å². The van der Waals surface area contributed by atoms with Crippen molar-refractivity contribution in [2.45, 2.75) is 27.7 Å². The second kappa shape index (κ2) is 27.5. The Balaban J connectivity index is -0.0000000400. The molecule has 0 aliphatic heterocycles. The number of hydrogen-bond donors (Lipinski definition) is 0. The van der Waals surface area contributed by atoms with E-state index in [0.717, 1.165) is 0 Å². The van der Waals surface area contributed by atoms with Crippen molar-refractivity contribution in [1.82, 2.24) is 0 Å². The van der Waals surface area contributed by atoms with Crippen molar-refractivity contribution >= 4 is 0 Å². The summed E-state index contributed by atoms with van der Waals surface area (Å²) in [5.74, 6) is 0. The van der Waals surface area contributed by atoms with Crippen LogP contribution >= 0.6 is 0 Å². The molecule has 0 aromatic carbocycles. The van der Waals surface area contributed by atoms with E-state index in [0.29, 0.717) is 0 Å². The second-order valence-electron chi connectivity index (χ2n) is 1.15. The summed E-state index contributed by atoms with van der Waals surface area (Å²) in [6.07, 6.45) is 4.00. The molecule has 0 N–H and O–H groups in total. The van der Waals surface area contributed by atoms with Gasteiger partial charge in [0.25, 0.3) is 0 Å². The minimum atomic E-state index is 0. The first-order chi connectivity index (χ1) is 2.83. The third-order valence-electron chi connectivity index (χ3n) is 0. The first-order valence-electron chi connectivity index (χ1n) is 2.31. The van der Waals surface area contributed by atoms with E-state index < -0.39 is 0 Å². The van der Waals surface area contributed by atoms with E-state index in [4.69, 9.17) is 0 Å². The van der Waals surface area contributed by atoms with Crippen molar-refractivity contribution in [3.8, 4) is 0 Å². The SMILES string of the molecule is C[CH-]C.C[CH-]C.[Y+3]. The standard InChI is InChI=1S/2C3H7.Y/c2*1-3-2;/h2*3H,1-2H3;/q2*-1;+3. The van der Waals surface area contributed by atoms with Gasteiger partial charge in [-0.25, -0.2) is 0 Å². The first-order valence-corrected chi connectivity index (χ1v) is 2.31. The summed E-state index contributed by atoms with van der Waals surface area (Å²) in [4.78, 5) is 0. The molecule has 0 rings (SSSR count). The zero-order chi connectivity index (χ0) is 5.41. The Kier molecular flexibility index (Phi) is 61.6. The molecule has 0 aliphatic rings. The summed E-state index contributed by atoms with van der Waals surface area (Å²) < 4.78 is 0. The molecule has 0 radical (unpaired) electrons.